The number of nitrogens with zero attached hydrogens (tertiary/aromatic N) is 4. The van der Waals surface area contributed by atoms with E-state index in [9.17, 15) is 4.79 Å². The van der Waals surface area contributed by atoms with E-state index in [2.05, 4.69) is 33.5 Å². The number of hydrogen-bond acceptors (Lipinski definition) is 4. The summed E-state index contributed by atoms with van der Waals surface area (Å²) in [5.74, 6) is 2.96. The minimum Gasteiger partial charge on any atom is -0.494 e. The molecule has 0 bridgehead atoms. The second-order valence-corrected chi connectivity index (χ2v) is 9.03. The van der Waals surface area contributed by atoms with E-state index in [-0.39, 0.29) is 11.3 Å². The molecule has 1 amide bonds. The van der Waals surface area contributed by atoms with Gasteiger partial charge in [-0.25, -0.2) is 0 Å². The molecule has 2 aromatic rings. The van der Waals surface area contributed by atoms with E-state index in [0.717, 1.165) is 36.8 Å². The number of carbonyl (C=O) groups is 1. The highest BCUT2D eigenvalue weighted by molar-refractivity contribution is 5.79. The molecule has 156 valence electrons. The van der Waals surface area contributed by atoms with Gasteiger partial charge in [0, 0.05) is 25.6 Å². The minimum absolute atomic E-state index is 0.191. The maximum absolute atomic E-state index is 13.1. The van der Waals surface area contributed by atoms with Gasteiger partial charge in [-0.15, -0.1) is 10.2 Å². The number of amides is 1. The van der Waals surface area contributed by atoms with Gasteiger partial charge in [0.2, 0.25) is 5.91 Å². The van der Waals surface area contributed by atoms with E-state index in [4.69, 9.17) is 4.74 Å². The Kier molecular flexibility index (Phi) is 5.61. The summed E-state index contributed by atoms with van der Waals surface area (Å²) in [5.41, 5.74) is 1.23. The molecule has 6 nitrogen and oxygen atoms in total. The second kappa shape index (κ2) is 8.17. The SMILES string of the molecule is CCOc1ccc(CC(=O)N2CC(c3nncn3CC(C)C)C3(CCC3)C2)cc1. The van der Waals surface area contributed by atoms with Crippen molar-refractivity contribution in [3.05, 3.63) is 42.0 Å². The van der Waals surface area contributed by atoms with Crippen molar-refractivity contribution in [1.29, 1.82) is 0 Å². The first kappa shape index (κ1) is 19.9. The number of aromatic nitrogens is 3. The van der Waals surface area contributed by atoms with Gasteiger partial charge in [0.25, 0.3) is 0 Å². The average Bonchev–Trinajstić information content (AvgIpc) is 3.27. The molecule has 2 aliphatic rings. The van der Waals surface area contributed by atoms with Gasteiger partial charge in [-0.05, 0) is 48.8 Å². The number of benzene rings is 1. The Balaban J connectivity index is 1.47. The Morgan fingerprint density at radius 2 is 2.03 bits per heavy atom. The van der Waals surface area contributed by atoms with E-state index in [0.29, 0.717) is 24.9 Å². The predicted molar refractivity (Wildman–Crippen MR) is 112 cm³/mol. The van der Waals surface area contributed by atoms with E-state index in [1.54, 1.807) is 0 Å². The van der Waals surface area contributed by atoms with Gasteiger partial charge in [-0.2, -0.15) is 0 Å². The molecule has 2 heterocycles. The van der Waals surface area contributed by atoms with E-state index in [1.807, 2.05) is 37.5 Å². The standard InChI is InChI=1S/C23H32N4O2/c1-4-29-19-8-6-18(7-9-19)12-21(28)26-14-20(23(15-26)10-5-11-23)22-25-24-16-27(22)13-17(2)3/h6-9,16-17,20H,4-5,10-15H2,1-3H3. The van der Waals surface area contributed by atoms with Crippen LogP contribution in [0.25, 0.3) is 0 Å². The first-order valence-corrected chi connectivity index (χ1v) is 10.9. The summed E-state index contributed by atoms with van der Waals surface area (Å²) < 4.78 is 7.70. The monoisotopic (exact) mass is 396 g/mol. The lowest BCUT2D eigenvalue weighted by molar-refractivity contribution is -0.130. The van der Waals surface area contributed by atoms with E-state index >= 15 is 0 Å². The molecule has 0 radical (unpaired) electrons. The fraction of sp³-hybridized carbons (Fsp3) is 0.609. The van der Waals surface area contributed by atoms with Gasteiger partial charge in [0.1, 0.15) is 17.9 Å². The van der Waals surface area contributed by atoms with Crippen LogP contribution in [0.2, 0.25) is 0 Å². The average molecular weight is 397 g/mol. The number of ether oxygens (including phenoxy) is 1. The van der Waals surface area contributed by atoms with Crippen LogP contribution >= 0.6 is 0 Å². The van der Waals surface area contributed by atoms with Crippen molar-refractivity contribution in [2.24, 2.45) is 11.3 Å². The Morgan fingerprint density at radius 3 is 2.66 bits per heavy atom. The molecule has 1 saturated carbocycles. The third-order valence-corrected chi connectivity index (χ3v) is 6.46. The number of hydrogen-bond donors (Lipinski definition) is 0. The van der Waals surface area contributed by atoms with Crippen LogP contribution in [0.1, 0.15) is 57.3 Å². The van der Waals surface area contributed by atoms with Crippen molar-refractivity contribution in [2.75, 3.05) is 19.7 Å². The molecular weight excluding hydrogens is 364 g/mol. The van der Waals surface area contributed by atoms with E-state index in [1.165, 1.54) is 19.3 Å². The number of carbonyl (C=O) groups excluding carboxylic acids is 1. The van der Waals surface area contributed by atoms with Crippen LogP contribution in [-0.4, -0.2) is 45.3 Å². The topological polar surface area (TPSA) is 60.2 Å². The highest BCUT2D eigenvalue weighted by Gasteiger charge is 2.53. The highest BCUT2D eigenvalue weighted by atomic mass is 16.5. The molecule has 1 spiro atoms. The zero-order valence-corrected chi connectivity index (χ0v) is 17.8. The van der Waals surface area contributed by atoms with Crippen LogP contribution < -0.4 is 4.74 Å². The molecule has 1 aromatic heterocycles. The lowest BCUT2D eigenvalue weighted by Crippen LogP contribution is -2.38. The molecule has 0 N–H and O–H groups in total. The summed E-state index contributed by atoms with van der Waals surface area (Å²) in [5, 5.41) is 8.70. The maximum atomic E-state index is 13.1. The smallest absolute Gasteiger partial charge is 0.227 e. The van der Waals surface area contributed by atoms with Crippen LogP contribution in [0.3, 0.4) is 0 Å². The second-order valence-electron chi connectivity index (χ2n) is 9.03. The normalized spacial score (nSPS) is 20.3. The zero-order chi connectivity index (χ0) is 20.4. The van der Waals surface area contributed by atoms with Gasteiger partial charge < -0.3 is 14.2 Å². The van der Waals surface area contributed by atoms with Crippen LogP contribution in [0.15, 0.2) is 30.6 Å². The Hall–Kier alpha value is -2.37. The fourth-order valence-electron chi connectivity index (χ4n) is 4.88. The van der Waals surface area contributed by atoms with Crippen molar-refractivity contribution >= 4 is 5.91 Å². The first-order valence-electron chi connectivity index (χ1n) is 10.9. The molecule has 2 fully saturated rings. The first-order chi connectivity index (χ1) is 14.0. The molecular formula is C23H32N4O2. The lowest BCUT2D eigenvalue weighted by atomic mass is 9.62. The summed E-state index contributed by atoms with van der Waals surface area (Å²) >= 11 is 0. The Bertz CT molecular complexity index is 839. The van der Waals surface area contributed by atoms with E-state index < -0.39 is 0 Å². The van der Waals surface area contributed by atoms with Crippen LogP contribution in [-0.2, 0) is 17.8 Å². The minimum atomic E-state index is 0.191. The van der Waals surface area contributed by atoms with Gasteiger partial charge in [-0.3, -0.25) is 4.79 Å². The lowest BCUT2D eigenvalue weighted by Gasteiger charge is -2.42. The van der Waals surface area contributed by atoms with Crippen LogP contribution in [0.4, 0.5) is 0 Å². The van der Waals surface area contributed by atoms with Crippen LogP contribution in [0, 0.1) is 11.3 Å². The molecule has 1 saturated heterocycles. The highest BCUT2D eigenvalue weighted by Crippen LogP contribution is 2.55. The molecule has 4 rings (SSSR count). The molecule has 1 aromatic carbocycles. The number of rotatable bonds is 7. The quantitative estimate of drug-likeness (QED) is 0.716. The van der Waals surface area contributed by atoms with Crippen molar-refractivity contribution in [3.63, 3.8) is 0 Å². The Labute approximate surface area is 173 Å². The summed E-state index contributed by atoms with van der Waals surface area (Å²) in [6, 6.07) is 7.88. The molecule has 1 aliphatic carbocycles. The zero-order valence-electron chi connectivity index (χ0n) is 17.8. The van der Waals surface area contributed by atoms with Gasteiger partial charge in [0.05, 0.1) is 13.0 Å². The van der Waals surface area contributed by atoms with Crippen molar-refractivity contribution < 1.29 is 9.53 Å². The molecule has 1 unspecified atom stereocenters. The summed E-state index contributed by atoms with van der Waals surface area (Å²) in [6.07, 6.45) is 5.90. The van der Waals surface area contributed by atoms with Gasteiger partial charge in [0.15, 0.2) is 0 Å². The maximum Gasteiger partial charge on any atom is 0.227 e. The van der Waals surface area contributed by atoms with Crippen LogP contribution in [0.5, 0.6) is 5.75 Å². The summed E-state index contributed by atoms with van der Waals surface area (Å²) in [4.78, 5) is 15.1. The third-order valence-electron chi connectivity index (χ3n) is 6.46. The van der Waals surface area contributed by atoms with Crippen molar-refractivity contribution in [1.82, 2.24) is 19.7 Å². The van der Waals surface area contributed by atoms with Crippen molar-refractivity contribution in [3.8, 4) is 5.75 Å². The van der Waals surface area contributed by atoms with Gasteiger partial charge >= 0.3 is 0 Å². The molecule has 29 heavy (non-hydrogen) atoms. The molecule has 6 heteroatoms. The molecule has 1 atom stereocenters. The third kappa shape index (κ3) is 4.02. The van der Waals surface area contributed by atoms with Crippen molar-refractivity contribution in [2.45, 2.75) is 58.9 Å². The summed E-state index contributed by atoms with van der Waals surface area (Å²) in [6.45, 7) is 9.58. The Morgan fingerprint density at radius 1 is 1.28 bits per heavy atom. The molecule has 1 aliphatic heterocycles. The van der Waals surface area contributed by atoms with Gasteiger partial charge in [-0.1, -0.05) is 32.4 Å². The number of likely N-dealkylation sites (tertiary alicyclic amines) is 1. The predicted octanol–water partition coefficient (Wildman–Crippen LogP) is 3.67. The summed E-state index contributed by atoms with van der Waals surface area (Å²) in [7, 11) is 0. The largest absolute Gasteiger partial charge is 0.494 e. The fourth-order valence-corrected chi connectivity index (χ4v) is 4.88.